The highest BCUT2D eigenvalue weighted by Gasteiger charge is 2.19. The highest BCUT2D eigenvalue weighted by Crippen LogP contribution is 2.22. The number of aromatic nitrogens is 3. The predicted molar refractivity (Wildman–Crippen MR) is 88.3 cm³/mol. The minimum atomic E-state index is 0.657. The van der Waals surface area contributed by atoms with Gasteiger partial charge in [0.2, 0.25) is 0 Å². The fourth-order valence-corrected chi connectivity index (χ4v) is 2.95. The number of hydrogen-bond donors (Lipinski definition) is 0. The van der Waals surface area contributed by atoms with Gasteiger partial charge in [0.05, 0.1) is 25.3 Å². The lowest BCUT2D eigenvalue weighted by atomic mass is 10.1. The standard InChI is InChI=1S/C18H18N4O2/c1-23-15-7-13(8-19-10-15)11-22-5-4-16-14(12-22)9-20-18(21-16)17-3-2-6-24-17/h2-3,6-10H,4-5,11-12H2,1H3. The van der Waals surface area contributed by atoms with E-state index >= 15 is 0 Å². The highest BCUT2D eigenvalue weighted by molar-refractivity contribution is 5.47. The lowest BCUT2D eigenvalue weighted by molar-refractivity contribution is 0.242. The number of ether oxygens (including phenoxy) is 1. The molecule has 6 heteroatoms. The van der Waals surface area contributed by atoms with Gasteiger partial charge >= 0.3 is 0 Å². The van der Waals surface area contributed by atoms with Crippen molar-refractivity contribution in [2.45, 2.75) is 19.5 Å². The van der Waals surface area contributed by atoms with Crippen LogP contribution in [0.2, 0.25) is 0 Å². The first-order chi connectivity index (χ1) is 11.8. The van der Waals surface area contributed by atoms with Gasteiger partial charge in [0, 0.05) is 44.0 Å². The lowest BCUT2D eigenvalue weighted by Gasteiger charge is -2.27. The molecule has 0 saturated heterocycles. The number of fused-ring (bicyclic) bond motifs is 1. The maximum absolute atomic E-state index is 5.38. The molecule has 0 aliphatic carbocycles. The van der Waals surface area contributed by atoms with Crippen molar-refractivity contribution in [2.24, 2.45) is 0 Å². The number of furan rings is 1. The van der Waals surface area contributed by atoms with Gasteiger partial charge in [-0.1, -0.05) is 0 Å². The first-order valence-corrected chi connectivity index (χ1v) is 7.91. The van der Waals surface area contributed by atoms with E-state index in [1.807, 2.05) is 30.6 Å². The fourth-order valence-electron chi connectivity index (χ4n) is 2.95. The molecule has 0 bridgehead atoms. The molecule has 1 aliphatic rings. The molecule has 0 atom stereocenters. The molecule has 3 aromatic rings. The summed E-state index contributed by atoms with van der Waals surface area (Å²) in [4.78, 5) is 15.7. The zero-order valence-corrected chi connectivity index (χ0v) is 13.5. The van der Waals surface area contributed by atoms with Gasteiger partial charge in [0.15, 0.2) is 11.6 Å². The largest absolute Gasteiger partial charge is 0.495 e. The number of nitrogens with zero attached hydrogens (tertiary/aromatic N) is 4. The molecule has 0 saturated carbocycles. The Labute approximate surface area is 140 Å². The van der Waals surface area contributed by atoms with Gasteiger partial charge in [-0.3, -0.25) is 9.88 Å². The van der Waals surface area contributed by atoms with E-state index in [1.165, 1.54) is 5.56 Å². The Kier molecular flexibility index (Phi) is 3.96. The van der Waals surface area contributed by atoms with E-state index in [0.29, 0.717) is 11.6 Å². The Bertz CT molecular complexity index is 833. The van der Waals surface area contributed by atoms with Crippen LogP contribution in [0.1, 0.15) is 16.8 Å². The minimum Gasteiger partial charge on any atom is -0.495 e. The molecule has 1 aliphatic heterocycles. The summed E-state index contributed by atoms with van der Waals surface area (Å²) in [6.07, 6.45) is 8.06. The van der Waals surface area contributed by atoms with Crippen molar-refractivity contribution in [3.05, 3.63) is 59.9 Å². The molecule has 0 fully saturated rings. The second-order valence-corrected chi connectivity index (χ2v) is 5.84. The van der Waals surface area contributed by atoms with Crippen LogP contribution >= 0.6 is 0 Å². The molecule has 0 unspecified atom stereocenters. The molecule has 4 rings (SSSR count). The summed E-state index contributed by atoms with van der Waals surface area (Å²) in [7, 11) is 1.66. The van der Waals surface area contributed by atoms with Crippen molar-refractivity contribution in [1.82, 2.24) is 19.9 Å². The average Bonchev–Trinajstić information content (AvgIpc) is 3.16. The van der Waals surface area contributed by atoms with Crippen molar-refractivity contribution in [2.75, 3.05) is 13.7 Å². The van der Waals surface area contributed by atoms with Gasteiger partial charge in [-0.2, -0.15) is 0 Å². The molecule has 3 aromatic heterocycles. The van der Waals surface area contributed by atoms with Gasteiger partial charge < -0.3 is 9.15 Å². The van der Waals surface area contributed by atoms with Crippen LogP contribution in [0.4, 0.5) is 0 Å². The van der Waals surface area contributed by atoms with E-state index in [0.717, 1.165) is 43.1 Å². The number of hydrogen-bond acceptors (Lipinski definition) is 6. The summed E-state index contributed by atoms with van der Waals surface area (Å²) in [6, 6.07) is 5.76. The third-order valence-corrected chi connectivity index (χ3v) is 4.17. The smallest absolute Gasteiger partial charge is 0.195 e. The van der Waals surface area contributed by atoms with Crippen LogP contribution in [-0.4, -0.2) is 33.5 Å². The fraction of sp³-hybridized carbons (Fsp3) is 0.278. The van der Waals surface area contributed by atoms with Gasteiger partial charge in [-0.15, -0.1) is 0 Å². The van der Waals surface area contributed by atoms with Crippen LogP contribution in [0.5, 0.6) is 5.75 Å². The summed E-state index contributed by atoms with van der Waals surface area (Å²) in [5.41, 5.74) is 3.43. The Morgan fingerprint density at radius 1 is 1.29 bits per heavy atom. The van der Waals surface area contributed by atoms with E-state index in [4.69, 9.17) is 9.15 Å². The molecule has 4 heterocycles. The Morgan fingerprint density at radius 2 is 2.25 bits per heavy atom. The molecule has 0 aromatic carbocycles. The molecule has 0 amide bonds. The number of methoxy groups -OCH3 is 1. The first kappa shape index (κ1) is 14.8. The molecule has 0 radical (unpaired) electrons. The number of pyridine rings is 1. The van der Waals surface area contributed by atoms with Crippen molar-refractivity contribution < 1.29 is 9.15 Å². The van der Waals surface area contributed by atoms with Gasteiger partial charge in [0.1, 0.15) is 5.75 Å². The van der Waals surface area contributed by atoms with Crippen LogP contribution in [-0.2, 0) is 19.5 Å². The van der Waals surface area contributed by atoms with Gasteiger partial charge in [0.25, 0.3) is 0 Å². The Morgan fingerprint density at radius 3 is 3.08 bits per heavy atom. The maximum Gasteiger partial charge on any atom is 0.195 e. The van der Waals surface area contributed by atoms with Crippen molar-refractivity contribution >= 4 is 0 Å². The quantitative estimate of drug-likeness (QED) is 0.736. The normalized spacial score (nSPS) is 14.4. The van der Waals surface area contributed by atoms with Crippen LogP contribution in [0.25, 0.3) is 11.6 Å². The first-order valence-electron chi connectivity index (χ1n) is 7.91. The summed E-state index contributed by atoms with van der Waals surface area (Å²) in [6.45, 7) is 2.63. The third-order valence-electron chi connectivity index (χ3n) is 4.17. The van der Waals surface area contributed by atoms with Crippen LogP contribution in [0, 0.1) is 0 Å². The Hall–Kier alpha value is -2.73. The highest BCUT2D eigenvalue weighted by atomic mass is 16.5. The van der Waals surface area contributed by atoms with E-state index < -0.39 is 0 Å². The minimum absolute atomic E-state index is 0.657. The van der Waals surface area contributed by atoms with Crippen molar-refractivity contribution in [1.29, 1.82) is 0 Å². The van der Waals surface area contributed by atoms with E-state index in [9.17, 15) is 0 Å². The lowest BCUT2D eigenvalue weighted by Crippen LogP contribution is -2.31. The third kappa shape index (κ3) is 3.00. The SMILES string of the molecule is COc1cncc(CN2CCc3nc(-c4ccco4)ncc3C2)c1. The maximum atomic E-state index is 5.38. The van der Waals surface area contributed by atoms with E-state index in [1.54, 1.807) is 19.6 Å². The van der Waals surface area contributed by atoms with Crippen LogP contribution in [0.3, 0.4) is 0 Å². The number of rotatable bonds is 4. The zero-order valence-electron chi connectivity index (χ0n) is 13.5. The van der Waals surface area contributed by atoms with Gasteiger partial charge in [-0.25, -0.2) is 9.97 Å². The Balaban J connectivity index is 1.49. The van der Waals surface area contributed by atoms with Crippen molar-refractivity contribution in [3.8, 4) is 17.3 Å². The van der Waals surface area contributed by atoms with Crippen LogP contribution < -0.4 is 4.74 Å². The molecule has 6 nitrogen and oxygen atoms in total. The molecule has 24 heavy (non-hydrogen) atoms. The monoisotopic (exact) mass is 322 g/mol. The summed E-state index contributed by atoms with van der Waals surface area (Å²) in [5.74, 6) is 2.16. The second-order valence-electron chi connectivity index (χ2n) is 5.84. The summed E-state index contributed by atoms with van der Waals surface area (Å²) in [5, 5.41) is 0. The topological polar surface area (TPSA) is 64.3 Å². The second kappa shape index (κ2) is 6.41. The van der Waals surface area contributed by atoms with Gasteiger partial charge in [-0.05, 0) is 23.8 Å². The molecular weight excluding hydrogens is 304 g/mol. The molecule has 122 valence electrons. The van der Waals surface area contributed by atoms with E-state index in [-0.39, 0.29) is 0 Å². The average molecular weight is 322 g/mol. The van der Waals surface area contributed by atoms with E-state index in [2.05, 4.69) is 19.9 Å². The zero-order chi connectivity index (χ0) is 16.4. The molecule has 0 N–H and O–H groups in total. The van der Waals surface area contributed by atoms with Crippen LogP contribution in [0.15, 0.2) is 47.5 Å². The summed E-state index contributed by atoms with van der Waals surface area (Å²) >= 11 is 0. The molecular formula is C18H18N4O2. The van der Waals surface area contributed by atoms with Crippen molar-refractivity contribution in [3.63, 3.8) is 0 Å². The predicted octanol–water partition coefficient (Wildman–Crippen LogP) is 2.70. The molecule has 0 spiro atoms. The summed E-state index contributed by atoms with van der Waals surface area (Å²) < 4.78 is 10.6.